The molecule has 8 nitrogen and oxygen atoms in total. The van der Waals surface area contributed by atoms with E-state index in [1.54, 1.807) is 36.8 Å². The van der Waals surface area contributed by atoms with Crippen LogP contribution in [-0.4, -0.2) is 46.3 Å². The molecule has 33 heavy (non-hydrogen) atoms. The maximum Gasteiger partial charge on any atom is 0.273 e. The molecule has 0 saturated carbocycles. The van der Waals surface area contributed by atoms with E-state index in [9.17, 15) is 9.59 Å². The number of nitrogens with one attached hydrogen (secondary N) is 1. The molecule has 8 heteroatoms. The Morgan fingerprint density at radius 1 is 1.03 bits per heavy atom. The number of hydrogen-bond acceptors (Lipinski definition) is 5. The van der Waals surface area contributed by atoms with Crippen molar-refractivity contribution in [3.05, 3.63) is 77.1 Å². The number of carbonyl (C=O) groups excluding carboxylic acids is 2. The molecule has 1 N–H and O–H groups in total. The molecule has 0 bridgehead atoms. The van der Waals surface area contributed by atoms with Crippen molar-refractivity contribution in [3.63, 3.8) is 0 Å². The Labute approximate surface area is 193 Å². The van der Waals surface area contributed by atoms with Gasteiger partial charge in [-0.3, -0.25) is 14.3 Å². The van der Waals surface area contributed by atoms with E-state index in [-0.39, 0.29) is 18.4 Å². The zero-order valence-electron chi connectivity index (χ0n) is 19.3. The third-order valence-corrected chi connectivity index (χ3v) is 6.02. The number of aromatic nitrogens is 2. The van der Waals surface area contributed by atoms with Gasteiger partial charge in [-0.2, -0.15) is 5.10 Å². The van der Waals surface area contributed by atoms with Crippen LogP contribution in [0.4, 0.5) is 0 Å². The summed E-state index contributed by atoms with van der Waals surface area (Å²) in [6.45, 7) is 4.53. The van der Waals surface area contributed by atoms with Crippen molar-refractivity contribution in [2.45, 2.75) is 39.0 Å². The fourth-order valence-corrected chi connectivity index (χ4v) is 4.05. The fraction of sp³-hybridized carbons (Fsp3) is 0.320. The molecule has 1 aromatic heterocycles. The molecule has 0 aliphatic carbocycles. The van der Waals surface area contributed by atoms with Gasteiger partial charge in [0.1, 0.15) is 22.7 Å². The monoisotopic (exact) mass is 448 g/mol. The number of amides is 2. The molecule has 0 unspecified atom stereocenters. The highest BCUT2D eigenvalue weighted by molar-refractivity contribution is 5.99. The van der Waals surface area contributed by atoms with Crippen LogP contribution in [0.2, 0.25) is 0 Å². The summed E-state index contributed by atoms with van der Waals surface area (Å²) in [7, 11) is 3.22. The van der Waals surface area contributed by atoms with Gasteiger partial charge < -0.3 is 19.7 Å². The minimum Gasteiger partial charge on any atom is -0.497 e. The smallest absolute Gasteiger partial charge is 0.273 e. The van der Waals surface area contributed by atoms with Crippen molar-refractivity contribution in [2.24, 2.45) is 0 Å². The molecule has 0 spiro atoms. The molecule has 0 saturated heterocycles. The van der Waals surface area contributed by atoms with Crippen molar-refractivity contribution in [2.75, 3.05) is 14.2 Å². The van der Waals surface area contributed by atoms with Crippen LogP contribution in [0.1, 0.15) is 34.2 Å². The molecular formula is C25H28N4O4. The standard InChI is InChI=1S/C25H28N4O4/c1-17-13-22-23(30)28(15-19-7-11-21(33-4)12-8-19)25(2,16-29(22)27-17)24(31)26-14-18-5-9-20(32-3)10-6-18/h5-13H,14-16H2,1-4H3,(H,26,31)/t25-/m0/s1. The van der Waals surface area contributed by atoms with E-state index in [2.05, 4.69) is 10.4 Å². The van der Waals surface area contributed by atoms with Crippen LogP contribution in [0.5, 0.6) is 11.5 Å². The summed E-state index contributed by atoms with van der Waals surface area (Å²) in [6, 6.07) is 16.8. The highest BCUT2D eigenvalue weighted by atomic mass is 16.5. The van der Waals surface area contributed by atoms with Crippen molar-refractivity contribution in [1.29, 1.82) is 0 Å². The molecule has 0 radical (unpaired) electrons. The minimum absolute atomic E-state index is 0.222. The van der Waals surface area contributed by atoms with Crippen LogP contribution in [0.15, 0.2) is 54.6 Å². The first-order valence-corrected chi connectivity index (χ1v) is 10.7. The normalized spacial score (nSPS) is 17.5. The van der Waals surface area contributed by atoms with Crippen LogP contribution in [0, 0.1) is 6.92 Å². The van der Waals surface area contributed by atoms with E-state index in [1.165, 1.54) is 0 Å². The number of hydrogen-bond donors (Lipinski definition) is 1. The summed E-state index contributed by atoms with van der Waals surface area (Å²) in [6.07, 6.45) is 0. The molecule has 172 valence electrons. The zero-order valence-corrected chi connectivity index (χ0v) is 19.3. The van der Waals surface area contributed by atoms with Crippen molar-refractivity contribution >= 4 is 11.8 Å². The molecule has 2 aromatic carbocycles. The van der Waals surface area contributed by atoms with Gasteiger partial charge in [0.05, 0.1) is 26.5 Å². The lowest BCUT2D eigenvalue weighted by molar-refractivity contribution is -0.133. The van der Waals surface area contributed by atoms with E-state index < -0.39 is 5.54 Å². The number of benzene rings is 2. The summed E-state index contributed by atoms with van der Waals surface area (Å²) < 4.78 is 12.1. The first-order chi connectivity index (χ1) is 15.8. The molecule has 2 amide bonds. The fourth-order valence-electron chi connectivity index (χ4n) is 4.05. The Bertz CT molecular complexity index is 1150. The lowest BCUT2D eigenvalue weighted by Crippen LogP contribution is -2.63. The summed E-state index contributed by atoms with van der Waals surface area (Å²) >= 11 is 0. The van der Waals surface area contributed by atoms with Crippen LogP contribution < -0.4 is 14.8 Å². The average molecular weight is 449 g/mol. The molecule has 4 rings (SSSR count). The second-order valence-electron chi connectivity index (χ2n) is 8.37. The highest BCUT2D eigenvalue weighted by Gasteiger charge is 2.47. The van der Waals surface area contributed by atoms with Crippen molar-refractivity contribution in [1.82, 2.24) is 20.0 Å². The van der Waals surface area contributed by atoms with Crippen LogP contribution in [-0.2, 0) is 24.4 Å². The molecule has 1 aliphatic rings. The Balaban J connectivity index is 1.60. The third-order valence-electron chi connectivity index (χ3n) is 6.02. The lowest BCUT2D eigenvalue weighted by Gasteiger charge is -2.43. The molecule has 0 fully saturated rings. The lowest BCUT2D eigenvalue weighted by atomic mass is 9.94. The Kier molecular flexibility index (Phi) is 6.09. The predicted molar refractivity (Wildman–Crippen MR) is 123 cm³/mol. The summed E-state index contributed by atoms with van der Waals surface area (Å²) in [4.78, 5) is 28.6. The average Bonchev–Trinajstić information content (AvgIpc) is 3.20. The van der Waals surface area contributed by atoms with Crippen molar-refractivity contribution < 1.29 is 19.1 Å². The van der Waals surface area contributed by atoms with Crippen LogP contribution >= 0.6 is 0 Å². The number of nitrogens with zero attached hydrogens (tertiary/aromatic N) is 3. The van der Waals surface area contributed by atoms with E-state index in [0.717, 1.165) is 28.3 Å². The summed E-state index contributed by atoms with van der Waals surface area (Å²) in [5.41, 5.74) is 1.96. The van der Waals surface area contributed by atoms with Gasteiger partial charge in [-0.05, 0) is 55.3 Å². The minimum atomic E-state index is -1.12. The third kappa shape index (κ3) is 4.41. The maximum absolute atomic E-state index is 13.5. The Morgan fingerprint density at radius 3 is 2.18 bits per heavy atom. The van der Waals surface area contributed by atoms with Crippen molar-refractivity contribution in [3.8, 4) is 11.5 Å². The second-order valence-corrected chi connectivity index (χ2v) is 8.37. The zero-order chi connectivity index (χ0) is 23.6. The topological polar surface area (TPSA) is 85.7 Å². The Hall–Kier alpha value is -3.81. The summed E-state index contributed by atoms with van der Waals surface area (Å²) in [5, 5.41) is 7.44. The van der Waals surface area contributed by atoms with Gasteiger partial charge in [0.25, 0.3) is 5.91 Å². The molecular weight excluding hydrogens is 420 g/mol. The predicted octanol–water partition coefficient (Wildman–Crippen LogP) is 2.94. The van der Waals surface area contributed by atoms with Gasteiger partial charge in [-0.25, -0.2) is 0 Å². The van der Waals surface area contributed by atoms with Gasteiger partial charge in [0, 0.05) is 13.1 Å². The van der Waals surface area contributed by atoms with Gasteiger partial charge >= 0.3 is 0 Å². The van der Waals surface area contributed by atoms with Gasteiger partial charge in [-0.15, -0.1) is 0 Å². The first kappa shape index (κ1) is 22.4. The number of methoxy groups -OCH3 is 2. The van der Waals surface area contributed by atoms with Gasteiger partial charge in [-0.1, -0.05) is 24.3 Å². The van der Waals surface area contributed by atoms with E-state index >= 15 is 0 Å². The van der Waals surface area contributed by atoms with E-state index in [1.807, 2.05) is 55.5 Å². The molecule has 1 aliphatic heterocycles. The number of aryl methyl sites for hydroxylation is 1. The van der Waals surface area contributed by atoms with Gasteiger partial charge in [0.15, 0.2) is 0 Å². The van der Waals surface area contributed by atoms with E-state index in [4.69, 9.17) is 9.47 Å². The summed E-state index contributed by atoms with van der Waals surface area (Å²) in [5.74, 6) is 1.03. The van der Waals surface area contributed by atoms with Crippen LogP contribution in [0.3, 0.4) is 0 Å². The SMILES string of the molecule is COc1ccc(CNC(=O)[C@]2(C)Cn3nc(C)cc3C(=O)N2Cc2ccc(OC)cc2)cc1. The highest BCUT2D eigenvalue weighted by Crippen LogP contribution is 2.30. The second kappa shape index (κ2) is 8.97. The number of rotatable bonds is 7. The quantitative estimate of drug-likeness (QED) is 0.601. The first-order valence-electron chi connectivity index (χ1n) is 10.7. The largest absolute Gasteiger partial charge is 0.497 e. The molecule has 1 atom stereocenters. The van der Waals surface area contributed by atoms with E-state index in [0.29, 0.717) is 18.8 Å². The molecule has 2 heterocycles. The number of ether oxygens (including phenoxy) is 2. The number of fused-ring (bicyclic) bond motifs is 1. The van der Waals surface area contributed by atoms with Gasteiger partial charge in [0.2, 0.25) is 5.91 Å². The number of carbonyl (C=O) groups is 2. The van der Waals surface area contributed by atoms with Crippen LogP contribution in [0.25, 0.3) is 0 Å². The molecule has 3 aromatic rings. The maximum atomic E-state index is 13.5. The Morgan fingerprint density at radius 2 is 1.61 bits per heavy atom.